The summed E-state index contributed by atoms with van der Waals surface area (Å²) in [5.41, 5.74) is 8.20. The van der Waals surface area contributed by atoms with Gasteiger partial charge in [-0.2, -0.15) is 0 Å². The molecule has 0 aliphatic carbocycles. The van der Waals surface area contributed by atoms with E-state index in [-0.39, 0.29) is 11.8 Å². The highest BCUT2D eigenvalue weighted by atomic mass is 79.9. The van der Waals surface area contributed by atoms with Crippen LogP contribution in [0.1, 0.15) is 18.9 Å². The van der Waals surface area contributed by atoms with E-state index in [1.54, 1.807) is 0 Å². The molecular formula is C14H21BrN2O2S. The third-order valence-electron chi connectivity index (χ3n) is 3.49. The summed E-state index contributed by atoms with van der Waals surface area (Å²) >= 11 is 3.49. The van der Waals surface area contributed by atoms with Crippen molar-refractivity contribution < 1.29 is 8.42 Å². The number of sulfone groups is 1. The Balaban J connectivity index is 2.28. The predicted octanol–water partition coefficient (Wildman–Crippen LogP) is 1.96. The van der Waals surface area contributed by atoms with Crippen molar-refractivity contribution in [3.63, 3.8) is 0 Å². The second kappa shape index (κ2) is 6.45. The fraction of sp³-hybridized carbons (Fsp3) is 0.571. The number of nitrogens with two attached hydrogens (primary N) is 1. The molecule has 1 heterocycles. The molecule has 0 amide bonds. The molecule has 4 nitrogen and oxygen atoms in total. The summed E-state index contributed by atoms with van der Waals surface area (Å²) in [5, 5.41) is 0. The van der Waals surface area contributed by atoms with Crippen LogP contribution in [0.15, 0.2) is 22.7 Å². The maximum atomic E-state index is 11.7. The Morgan fingerprint density at radius 1 is 1.35 bits per heavy atom. The maximum absolute atomic E-state index is 11.7. The molecule has 0 radical (unpaired) electrons. The van der Waals surface area contributed by atoms with Crippen molar-refractivity contribution in [2.75, 3.05) is 29.5 Å². The zero-order valence-electron chi connectivity index (χ0n) is 11.7. The molecule has 0 saturated carbocycles. The van der Waals surface area contributed by atoms with Crippen LogP contribution < -0.4 is 10.6 Å². The van der Waals surface area contributed by atoms with E-state index >= 15 is 0 Å². The third-order valence-corrected chi connectivity index (χ3v) is 5.69. The van der Waals surface area contributed by atoms with Gasteiger partial charge in [0.1, 0.15) is 0 Å². The Kier molecular flexibility index (Phi) is 5.09. The minimum Gasteiger partial charge on any atom is -0.370 e. The lowest BCUT2D eigenvalue weighted by Crippen LogP contribution is -2.29. The van der Waals surface area contributed by atoms with Crippen molar-refractivity contribution in [2.45, 2.75) is 25.8 Å². The molecule has 6 heteroatoms. The second-order valence-corrected chi connectivity index (χ2v) is 8.67. The topological polar surface area (TPSA) is 63.4 Å². The number of hydrogen-bond acceptors (Lipinski definition) is 4. The molecule has 1 aliphatic heterocycles. The van der Waals surface area contributed by atoms with Gasteiger partial charge in [0.15, 0.2) is 9.84 Å². The number of nitrogens with zero attached hydrogens (tertiary/aromatic N) is 1. The minimum absolute atomic E-state index is 0.0886. The molecular weight excluding hydrogens is 340 g/mol. The Hall–Kier alpha value is -0.590. The lowest BCUT2D eigenvalue weighted by atomic mass is 10.0. The number of hydrogen-bond donors (Lipinski definition) is 1. The first-order valence-electron chi connectivity index (χ1n) is 6.87. The smallest absolute Gasteiger partial charge is 0.152 e. The van der Waals surface area contributed by atoms with Crippen molar-refractivity contribution in [3.8, 4) is 0 Å². The van der Waals surface area contributed by atoms with Gasteiger partial charge in [0.25, 0.3) is 0 Å². The first-order valence-corrected chi connectivity index (χ1v) is 9.48. The first kappa shape index (κ1) is 15.8. The fourth-order valence-electron chi connectivity index (χ4n) is 2.53. The van der Waals surface area contributed by atoms with E-state index < -0.39 is 9.84 Å². The molecule has 0 aromatic heterocycles. The molecule has 1 atom stereocenters. The van der Waals surface area contributed by atoms with Crippen LogP contribution in [-0.4, -0.2) is 39.1 Å². The van der Waals surface area contributed by atoms with Crippen molar-refractivity contribution in [3.05, 3.63) is 28.2 Å². The molecule has 2 rings (SSSR count). The second-order valence-electron chi connectivity index (χ2n) is 5.45. The summed E-state index contributed by atoms with van der Waals surface area (Å²) in [5.74, 6) is 0.525. The van der Waals surface area contributed by atoms with Crippen LogP contribution in [-0.2, 0) is 16.3 Å². The van der Waals surface area contributed by atoms with Crippen LogP contribution in [0.4, 0.5) is 5.69 Å². The van der Waals surface area contributed by atoms with E-state index in [1.807, 2.05) is 13.0 Å². The average molecular weight is 361 g/mol. The molecule has 112 valence electrons. The van der Waals surface area contributed by atoms with E-state index in [0.29, 0.717) is 18.7 Å². The van der Waals surface area contributed by atoms with Gasteiger partial charge in [-0.15, -0.1) is 0 Å². The number of halogens is 1. The van der Waals surface area contributed by atoms with Crippen molar-refractivity contribution in [1.29, 1.82) is 0 Å². The average Bonchev–Trinajstić information content (AvgIpc) is 2.52. The third kappa shape index (κ3) is 4.20. The summed E-state index contributed by atoms with van der Waals surface area (Å²) < 4.78 is 24.4. The summed E-state index contributed by atoms with van der Waals surface area (Å²) in [6.45, 7) is 3.32. The van der Waals surface area contributed by atoms with Gasteiger partial charge in [0.05, 0.1) is 11.5 Å². The largest absolute Gasteiger partial charge is 0.370 e. The Bertz CT molecular complexity index is 573. The van der Waals surface area contributed by atoms with Gasteiger partial charge in [0, 0.05) is 29.3 Å². The van der Waals surface area contributed by atoms with E-state index in [4.69, 9.17) is 5.73 Å². The maximum Gasteiger partial charge on any atom is 0.152 e. The molecule has 20 heavy (non-hydrogen) atoms. The highest BCUT2D eigenvalue weighted by Gasteiger charge is 2.21. The fourth-order valence-corrected chi connectivity index (χ4v) is 4.15. The standard InChI is InChI=1S/C14H21BrN2O2S/c1-11(16)9-12-3-4-13(15)10-14(12)17-5-2-7-20(18,19)8-6-17/h3-4,10-11H,2,5-9,16H2,1H3. The predicted molar refractivity (Wildman–Crippen MR) is 87.0 cm³/mol. The van der Waals surface area contributed by atoms with E-state index in [9.17, 15) is 8.42 Å². The number of benzene rings is 1. The monoisotopic (exact) mass is 360 g/mol. The van der Waals surface area contributed by atoms with Gasteiger partial charge in [-0.3, -0.25) is 0 Å². The van der Waals surface area contributed by atoms with Crippen LogP contribution in [0.5, 0.6) is 0 Å². The minimum atomic E-state index is -2.88. The zero-order chi connectivity index (χ0) is 14.8. The van der Waals surface area contributed by atoms with Crippen molar-refractivity contribution >= 4 is 31.5 Å². The summed E-state index contributed by atoms with van der Waals surface area (Å²) in [4.78, 5) is 2.17. The van der Waals surface area contributed by atoms with Crippen LogP contribution in [0.3, 0.4) is 0 Å². The summed E-state index contributed by atoms with van der Waals surface area (Å²) in [6.07, 6.45) is 1.48. The van der Waals surface area contributed by atoms with Gasteiger partial charge in [-0.05, 0) is 37.5 Å². The number of rotatable bonds is 3. The molecule has 0 bridgehead atoms. The number of anilines is 1. The van der Waals surface area contributed by atoms with Gasteiger partial charge < -0.3 is 10.6 Å². The Morgan fingerprint density at radius 3 is 2.80 bits per heavy atom. The lowest BCUT2D eigenvalue weighted by Gasteiger charge is -2.26. The highest BCUT2D eigenvalue weighted by molar-refractivity contribution is 9.10. The molecule has 1 unspecified atom stereocenters. The van der Waals surface area contributed by atoms with Gasteiger partial charge in [-0.25, -0.2) is 8.42 Å². The Labute approximate surface area is 129 Å². The van der Waals surface area contributed by atoms with Gasteiger partial charge in [0.2, 0.25) is 0 Å². The first-order chi connectivity index (χ1) is 9.37. The Morgan fingerprint density at radius 2 is 2.10 bits per heavy atom. The van der Waals surface area contributed by atoms with E-state index in [1.165, 1.54) is 5.56 Å². The van der Waals surface area contributed by atoms with Crippen LogP contribution >= 0.6 is 15.9 Å². The highest BCUT2D eigenvalue weighted by Crippen LogP contribution is 2.27. The quantitative estimate of drug-likeness (QED) is 0.894. The summed E-state index contributed by atoms with van der Waals surface area (Å²) in [6, 6.07) is 6.23. The van der Waals surface area contributed by atoms with E-state index in [2.05, 4.69) is 33.0 Å². The van der Waals surface area contributed by atoms with E-state index in [0.717, 1.165) is 23.1 Å². The van der Waals surface area contributed by atoms with Crippen LogP contribution in [0.25, 0.3) is 0 Å². The van der Waals surface area contributed by atoms with Crippen molar-refractivity contribution in [1.82, 2.24) is 0 Å². The van der Waals surface area contributed by atoms with Gasteiger partial charge in [-0.1, -0.05) is 22.0 Å². The normalized spacial score (nSPS) is 20.4. The molecule has 0 spiro atoms. The van der Waals surface area contributed by atoms with Crippen molar-refractivity contribution in [2.24, 2.45) is 5.73 Å². The molecule has 1 aromatic rings. The van der Waals surface area contributed by atoms with Crippen LogP contribution in [0.2, 0.25) is 0 Å². The van der Waals surface area contributed by atoms with Gasteiger partial charge >= 0.3 is 0 Å². The summed E-state index contributed by atoms with van der Waals surface area (Å²) in [7, 11) is -2.88. The molecule has 1 fully saturated rings. The molecule has 1 aliphatic rings. The lowest BCUT2D eigenvalue weighted by molar-refractivity contribution is 0.597. The molecule has 2 N–H and O–H groups in total. The zero-order valence-corrected chi connectivity index (χ0v) is 14.1. The SMILES string of the molecule is CC(N)Cc1ccc(Br)cc1N1CCCS(=O)(=O)CC1. The molecule has 1 aromatic carbocycles. The molecule has 1 saturated heterocycles. The van der Waals surface area contributed by atoms with Crippen LogP contribution in [0, 0.1) is 0 Å².